The van der Waals surface area contributed by atoms with Gasteiger partial charge in [0.2, 0.25) is 0 Å². The molecule has 0 aliphatic heterocycles. The molecule has 0 saturated carbocycles. The Balaban J connectivity index is 2.62. The molecule has 1 nitrogen and oxygen atoms in total. The van der Waals surface area contributed by atoms with Crippen molar-refractivity contribution >= 4 is 31.9 Å². The van der Waals surface area contributed by atoms with Crippen molar-refractivity contribution in [3.8, 4) is 0 Å². The summed E-state index contributed by atoms with van der Waals surface area (Å²) in [6.07, 6.45) is 9.29. The smallest absolute Gasteiger partial charge is 0.0331 e. The molecular formula is C17H25Br2N. The van der Waals surface area contributed by atoms with Crippen molar-refractivity contribution < 1.29 is 0 Å². The Morgan fingerprint density at radius 1 is 1.25 bits per heavy atom. The van der Waals surface area contributed by atoms with Crippen LogP contribution in [-0.2, 0) is 0 Å². The summed E-state index contributed by atoms with van der Waals surface area (Å²) in [5.74, 6) is 0. The number of nitrogens with one attached hydrogen (secondary N) is 1. The first-order chi connectivity index (χ1) is 9.69. The van der Waals surface area contributed by atoms with Crippen LogP contribution in [0.3, 0.4) is 0 Å². The topological polar surface area (TPSA) is 12.0 Å². The quantitative estimate of drug-likeness (QED) is 0.353. The molecule has 1 N–H and O–H groups in total. The summed E-state index contributed by atoms with van der Waals surface area (Å²) in [5, 5.41) is 3.67. The van der Waals surface area contributed by atoms with Gasteiger partial charge >= 0.3 is 0 Å². The van der Waals surface area contributed by atoms with Gasteiger partial charge in [-0.25, -0.2) is 0 Å². The number of benzene rings is 1. The summed E-state index contributed by atoms with van der Waals surface area (Å²) in [4.78, 5) is 0. The first-order valence-electron chi connectivity index (χ1n) is 7.48. The molecule has 112 valence electrons. The van der Waals surface area contributed by atoms with Crippen LogP contribution in [0.25, 0.3) is 0 Å². The molecule has 0 aromatic heterocycles. The summed E-state index contributed by atoms with van der Waals surface area (Å²) >= 11 is 7.26. The fraction of sp³-hybridized carbons (Fsp3) is 0.529. The van der Waals surface area contributed by atoms with Crippen molar-refractivity contribution in [2.45, 2.75) is 51.5 Å². The van der Waals surface area contributed by atoms with Crippen LogP contribution in [0.15, 0.2) is 39.8 Å². The van der Waals surface area contributed by atoms with E-state index >= 15 is 0 Å². The molecule has 0 saturated heterocycles. The van der Waals surface area contributed by atoms with Crippen molar-refractivity contribution in [3.05, 3.63) is 45.4 Å². The average molecular weight is 403 g/mol. The predicted molar refractivity (Wildman–Crippen MR) is 96.2 cm³/mol. The van der Waals surface area contributed by atoms with Crippen LogP contribution in [0.2, 0.25) is 0 Å². The second kappa shape index (κ2) is 10.6. The van der Waals surface area contributed by atoms with Gasteiger partial charge in [0.1, 0.15) is 0 Å². The molecule has 0 aliphatic carbocycles. The Labute approximate surface area is 140 Å². The zero-order valence-electron chi connectivity index (χ0n) is 12.3. The standard InChI is InChI=1S/C17H25Br2N/c1-3-5-6-7-8-9-17(20-12-4-2)15-13-14(18)10-11-16(15)19/h3,10-11,13,17,20H,1,4-9,12H2,2H3. The first-order valence-corrected chi connectivity index (χ1v) is 9.06. The summed E-state index contributed by atoms with van der Waals surface area (Å²) in [5.41, 5.74) is 1.36. The maximum atomic E-state index is 3.78. The summed E-state index contributed by atoms with van der Waals surface area (Å²) in [6, 6.07) is 6.86. The molecular weight excluding hydrogens is 378 g/mol. The Bertz CT molecular complexity index is 404. The monoisotopic (exact) mass is 401 g/mol. The molecule has 0 fully saturated rings. The average Bonchev–Trinajstić information content (AvgIpc) is 2.45. The molecule has 0 amide bonds. The molecule has 1 atom stereocenters. The van der Waals surface area contributed by atoms with Gasteiger partial charge in [-0.05, 0) is 56.0 Å². The predicted octanol–water partition coefficient (Wildman–Crippen LogP) is 6.39. The van der Waals surface area contributed by atoms with Gasteiger partial charge in [0, 0.05) is 15.0 Å². The van der Waals surface area contributed by atoms with E-state index in [9.17, 15) is 0 Å². The third-order valence-corrected chi connectivity index (χ3v) is 4.59. The van der Waals surface area contributed by atoms with Gasteiger partial charge in [-0.15, -0.1) is 6.58 Å². The van der Waals surface area contributed by atoms with Crippen molar-refractivity contribution in [1.82, 2.24) is 5.32 Å². The Morgan fingerprint density at radius 2 is 2.05 bits per heavy atom. The van der Waals surface area contributed by atoms with E-state index in [1.54, 1.807) is 0 Å². The molecule has 20 heavy (non-hydrogen) atoms. The third-order valence-electron chi connectivity index (χ3n) is 3.38. The van der Waals surface area contributed by atoms with Crippen molar-refractivity contribution in [2.75, 3.05) is 6.54 Å². The van der Waals surface area contributed by atoms with Crippen LogP contribution < -0.4 is 5.32 Å². The van der Waals surface area contributed by atoms with Gasteiger partial charge < -0.3 is 5.32 Å². The van der Waals surface area contributed by atoms with Crippen molar-refractivity contribution in [2.24, 2.45) is 0 Å². The fourth-order valence-electron chi connectivity index (χ4n) is 2.28. The minimum atomic E-state index is 0.436. The lowest BCUT2D eigenvalue weighted by molar-refractivity contribution is 0.470. The van der Waals surface area contributed by atoms with E-state index in [1.807, 2.05) is 6.08 Å². The Morgan fingerprint density at radius 3 is 2.75 bits per heavy atom. The van der Waals surface area contributed by atoms with Crippen LogP contribution in [0.5, 0.6) is 0 Å². The van der Waals surface area contributed by atoms with Crippen LogP contribution in [0.4, 0.5) is 0 Å². The van der Waals surface area contributed by atoms with Crippen molar-refractivity contribution in [3.63, 3.8) is 0 Å². The van der Waals surface area contributed by atoms with E-state index in [4.69, 9.17) is 0 Å². The van der Waals surface area contributed by atoms with Crippen molar-refractivity contribution in [1.29, 1.82) is 0 Å². The zero-order chi connectivity index (χ0) is 14.8. The van der Waals surface area contributed by atoms with Gasteiger partial charge in [-0.3, -0.25) is 0 Å². The molecule has 0 radical (unpaired) electrons. The lowest BCUT2D eigenvalue weighted by atomic mass is 10.00. The van der Waals surface area contributed by atoms with E-state index in [0.29, 0.717) is 6.04 Å². The summed E-state index contributed by atoms with van der Waals surface area (Å²) < 4.78 is 2.34. The maximum absolute atomic E-state index is 3.78. The number of halogens is 2. The highest BCUT2D eigenvalue weighted by Gasteiger charge is 2.13. The van der Waals surface area contributed by atoms with Gasteiger partial charge in [-0.2, -0.15) is 0 Å². The molecule has 1 aromatic carbocycles. The van der Waals surface area contributed by atoms with Crippen LogP contribution in [-0.4, -0.2) is 6.54 Å². The van der Waals surface area contributed by atoms with E-state index in [1.165, 1.54) is 42.1 Å². The number of allylic oxidation sites excluding steroid dienone is 1. The molecule has 0 heterocycles. The van der Waals surface area contributed by atoms with E-state index in [-0.39, 0.29) is 0 Å². The van der Waals surface area contributed by atoms with E-state index < -0.39 is 0 Å². The number of hydrogen-bond acceptors (Lipinski definition) is 1. The lowest BCUT2D eigenvalue weighted by Gasteiger charge is -2.20. The minimum Gasteiger partial charge on any atom is -0.310 e. The maximum Gasteiger partial charge on any atom is 0.0331 e. The second-order valence-electron chi connectivity index (χ2n) is 5.10. The highest BCUT2D eigenvalue weighted by Crippen LogP contribution is 2.30. The van der Waals surface area contributed by atoms with Gasteiger partial charge in [0.05, 0.1) is 0 Å². The van der Waals surface area contributed by atoms with E-state index in [0.717, 1.165) is 17.4 Å². The van der Waals surface area contributed by atoms with Gasteiger partial charge in [0.15, 0.2) is 0 Å². The van der Waals surface area contributed by atoms with Crippen LogP contribution in [0.1, 0.15) is 57.1 Å². The normalized spacial score (nSPS) is 12.3. The second-order valence-corrected chi connectivity index (χ2v) is 6.87. The zero-order valence-corrected chi connectivity index (χ0v) is 15.5. The summed E-state index contributed by atoms with van der Waals surface area (Å²) in [7, 11) is 0. The van der Waals surface area contributed by atoms with Crippen LogP contribution in [0, 0.1) is 0 Å². The molecule has 1 aromatic rings. The highest BCUT2D eigenvalue weighted by molar-refractivity contribution is 9.11. The minimum absolute atomic E-state index is 0.436. The number of hydrogen-bond donors (Lipinski definition) is 1. The highest BCUT2D eigenvalue weighted by atomic mass is 79.9. The largest absolute Gasteiger partial charge is 0.310 e. The molecule has 0 spiro atoms. The Kier molecular flexibility index (Phi) is 9.49. The lowest BCUT2D eigenvalue weighted by Crippen LogP contribution is -2.22. The van der Waals surface area contributed by atoms with Gasteiger partial charge in [-0.1, -0.05) is 57.7 Å². The van der Waals surface area contributed by atoms with Gasteiger partial charge in [0.25, 0.3) is 0 Å². The SMILES string of the molecule is C=CCCCCCC(NCCC)c1cc(Br)ccc1Br. The molecule has 0 bridgehead atoms. The first kappa shape index (κ1) is 17.9. The van der Waals surface area contributed by atoms with E-state index in [2.05, 4.69) is 68.9 Å². The third kappa shape index (κ3) is 6.55. The number of rotatable bonds is 10. The molecule has 0 aliphatic rings. The van der Waals surface area contributed by atoms with Crippen LogP contribution >= 0.6 is 31.9 Å². The Hall–Kier alpha value is -0.120. The molecule has 3 heteroatoms. The summed E-state index contributed by atoms with van der Waals surface area (Å²) in [6.45, 7) is 7.06. The number of unbranched alkanes of at least 4 members (excludes halogenated alkanes) is 3. The fourth-order valence-corrected chi connectivity index (χ4v) is 3.18. The molecule has 1 unspecified atom stereocenters. The molecule has 1 rings (SSSR count).